The summed E-state index contributed by atoms with van der Waals surface area (Å²) < 4.78 is 24.0. The number of methoxy groups -OCH3 is 1. The number of para-hydroxylation sites is 2. The van der Waals surface area contributed by atoms with Crippen LogP contribution in [0, 0.1) is 6.57 Å². The standard InChI is InChI=1S/C25H39N7O4/c1-22(30-12-14-31(15-13-30)23-8-4-5-9-24(23)33-3)25-27-28-29-32(25)11-7-17-35-19-21-36-20-18-34-16-6-10-26-2/h4-5,8-9,22H,6-7,10-21H2,1,3H3. The lowest BCUT2D eigenvalue weighted by Gasteiger charge is -2.39. The topological polar surface area (TPSA) is 91.4 Å². The maximum absolute atomic E-state index is 6.71. The minimum atomic E-state index is 0.137. The third-order valence-corrected chi connectivity index (χ3v) is 6.18. The van der Waals surface area contributed by atoms with Crippen molar-refractivity contribution in [3.8, 4) is 5.75 Å². The molecule has 0 radical (unpaired) electrons. The van der Waals surface area contributed by atoms with Crippen LogP contribution < -0.4 is 9.64 Å². The number of nitrogens with zero attached hydrogens (tertiary/aromatic N) is 7. The van der Waals surface area contributed by atoms with Crippen molar-refractivity contribution in [3.05, 3.63) is 41.5 Å². The van der Waals surface area contributed by atoms with Crippen LogP contribution in [-0.4, -0.2) is 105 Å². The highest BCUT2D eigenvalue weighted by Gasteiger charge is 2.26. The smallest absolute Gasteiger partial charge is 0.216 e. The van der Waals surface area contributed by atoms with Gasteiger partial charge in [0.25, 0.3) is 0 Å². The number of ether oxygens (including phenoxy) is 4. The van der Waals surface area contributed by atoms with Crippen molar-refractivity contribution in [2.75, 3.05) is 84.4 Å². The molecule has 36 heavy (non-hydrogen) atoms. The number of piperazine rings is 1. The third-order valence-electron chi connectivity index (χ3n) is 6.18. The van der Waals surface area contributed by atoms with E-state index in [9.17, 15) is 0 Å². The van der Waals surface area contributed by atoms with Gasteiger partial charge in [0.2, 0.25) is 6.54 Å². The molecule has 1 atom stereocenters. The van der Waals surface area contributed by atoms with E-state index in [4.69, 9.17) is 25.5 Å². The van der Waals surface area contributed by atoms with Gasteiger partial charge in [-0.15, -0.1) is 5.10 Å². The SMILES string of the molecule is [C-]#[N+]CCCOCCOCCOCCCn1nnnc1C(C)N1CCN(c2ccccc2OC)CC1. The highest BCUT2D eigenvalue weighted by Crippen LogP contribution is 2.29. The van der Waals surface area contributed by atoms with Crippen LogP contribution in [0.5, 0.6) is 5.75 Å². The first-order chi connectivity index (χ1) is 17.7. The molecule has 2 aromatic rings. The van der Waals surface area contributed by atoms with Crippen molar-refractivity contribution < 1.29 is 18.9 Å². The van der Waals surface area contributed by atoms with Gasteiger partial charge in [0, 0.05) is 45.8 Å². The number of tetrazole rings is 1. The number of aromatic nitrogens is 4. The molecule has 11 nitrogen and oxygen atoms in total. The van der Waals surface area contributed by atoms with Gasteiger partial charge in [-0.2, -0.15) is 0 Å². The minimum absolute atomic E-state index is 0.137. The van der Waals surface area contributed by atoms with Gasteiger partial charge in [0.15, 0.2) is 5.82 Å². The lowest BCUT2D eigenvalue weighted by Crippen LogP contribution is -2.47. The molecular formula is C25H39N7O4. The van der Waals surface area contributed by atoms with E-state index in [1.54, 1.807) is 7.11 Å². The molecule has 0 N–H and O–H groups in total. The summed E-state index contributed by atoms with van der Waals surface area (Å²) >= 11 is 0. The van der Waals surface area contributed by atoms with Crippen molar-refractivity contribution in [2.45, 2.75) is 32.4 Å². The van der Waals surface area contributed by atoms with E-state index in [-0.39, 0.29) is 6.04 Å². The van der Waals surface area contributed by atoms with Crippen LogP contribution >= 0.6 is 0 Å². The monoisotopic (exact) mass is 501 g/mol. The molecule has 11 heteroatoms. The Bertz CT molecular complexity index is 912. The molecule has 3 rings (SSSR count). The number of anilines is 1. The molecule has 2 heterocycles. The van der Waals surface area contributed by atoms with E-state index in [0.717, 1.165) is 56.3 Å². The van der Waals surface area contributed by atoms with Crippen molar-refractivity contribution in [1.82, 2.24) is 25.1 Å². The summed E-state index contributed by atoms with van der Waals surface area (Å²) in [5.74, 6) is 1.80. The zero-order valence-electron chi connectivity index (χ0n) is 21.5. The largest absolute Gasteiger partial charge is 0.495 e. The molecule has 1 aromatic carbocycles. The van der Waals surface area contributed by atoms with Gasteiger partial charge in [-0.1, -0.05) is 12.1 Å². The molecule has 198 valence electrons. The second-order valence-corrected chi connectivity index (χ2v) is 8.56. The van der Waals surface area contributed by atoms with Gasteiger partial charge in [0.1, 0.15) is 5.75 Å². The van der Waals surface area contributed by atoms with Crippen molar-refractivity contribution in [3.63, 3.8) is 0 Å². The summed E-state index contributed by atoms with van der Waals surface area (Å²) in [6.07, 6.45) is 1.60. The number of rotatable bonds is 17. The fourth-order valence-corrected chi connectivity index (χ4v) is 4.18. The number of hydrogen-bond donors (Lipinski definition) is 0. The Morgan fingerprint density at radius 2 is 1.61 bits per heavy atom. The molecule has 0 spiro atoms. The number of aryl methyl sites for hydroxylation is 1. The quantitative estimate of drug-likeness (QED) is 0.239. The molecule has 1 unspecified atom stereocenters. The Morgan fingerprint density at radius 1 is 0.944 bits per heavy atom. The fourth-order valence-electron chi connectivity index (χ4n) is 4.18. The average molecular weight is 502 g/mol. The van der Waals surface area contributed by atoms with E-state index in [2.05, 4.69) is 49.2 Å². The van der Waals surface area contributed by atoms with Crippen LogP contribution in [0.4, 0.5) is 5.69 Å². The average Bonchev–Trinajstić information content (AvgIpc) is 3.39. The van der Waals surface area contributed by atoms with Gasteiger partial charge in [-0.3, -0.25) is 4.90 Å². The molecule has 0 amide bonds. The Labute approximate surface area is 214 Å². The van der Waals surface area contributed by atoms with Gasteiger partial charge < -0.3 is 28.7 Å². The molecule has 1 aliphatic heterocycles. The lowest BCUT2D eigenvalue weighted by atomic mass is 10.2. The maximum atomic E-state index is 6.71. The minimum Gasteiger partial charge on any atom is -0.495 e. The summed E-state index contributed by atoms with van der Waals surface area (Å²) in [5, 5.41) is 12.4. The van der Waals surface area contributed by atoms with Crippen LogP contribution in [0.1, 0.15) is 31.6 Å². The van der Waals surface area contributed by atoms with E-state index in [1.807, 2.05) is 16.8 Å². The van der Waals surface area contributed by atoms with Crippen LogP contribution in [0.15, 0.2) is 24.3 Å². The van der Waals surface area contributed by atoms with E-state index < -0.39 is 0 Å². The highest BCUT2D eigenvalue weighted by atomic mass is 16.5. The summed E-state index contributed by atoms with van der Waals surface area (Å²) in [6.45, 7) is 17.2. The predicted molar refractivity (Wildman–Crippen MR) is 136 cm³/mol. The predicted octanol–water partition coefficient (Wildman–Crippen LogP) is 2.31. The van der Waals surface area contributed by atoms with Crippen molar-refractivity contribution in [2.24, 2.45) is 0 Å². The molecular weight excluding hydrogens is 462 g/mol. The normalized spacial score (nSPS) is 15.1. The van der Waals surface area contributed by atoms with Crippen molar-refractivity contribution in [1.29, 1.82) is 0 Å². The first kappa shape index (κ1) is 27.8. The Hall–Kier alpha value is -2.78. The summed E-state index contributed by atoms with van der Waals surface area (Å²) in [5.41, 5.74) is 1.14. The maximum Gasteiger partial charge on any atom is 0.216 e. The second-order valence-electron chi connectivity index (χ2n) is 8.56. The first-order valence-corrected chi connectivity index (χ1v) is 12.7. The van der Waals surface area contributed by atoms with Gasteiger partial charge in [-0.05, 0) is 35.9 Å². The van der Waals surface area contributed by atoms with E-state index >= 15 is 0 Å². The van der Waals surface area contributed by atoms with Crippen LogP contribution in [0.2, 0.25) is 0 Å². The number of benzene rings is 1. The summed E-state index contributed by atoms with van der Waals surface area (Å²) in [6, 6.07) is 8.31. The Kier molecular flexibility index (Phi) is 12.4. The van der Waals surface area contributed by atoms with Crippen LogP contribution in [0.25, 0.3) is 4.85 Å². The Balaban J connectivity index is 1.30. The van der Waals surface area contributed by atoms with Crippen LogP contribution in [0.3, 0.4) is 0 Å². The van der Waals surface area contributed by atoms with Gasteiger partial charge in [0.05, 0.1) is 51.9 Å². The second kappa shape index (κ2) is 16.1. The highest BCUT2D eigenvalue weighted by molar-refractivity contribution is 5.58. The molecule has 0 aliphatic carbocycles. The summed E-state index contributed by atoms with van der Waals surface area (Å²) in [4.78, 5) is 8.09. The molecule has 1 saturated heterocycles. The fraction of sp³-hybridized carbons (Fsp3) is 0.680. The molecule has 1 aliphatic rings. The van der Waals surface area contributed by atoms with E-state index in [1.165, 1.54) is 0 Å². The molecule has 1 fully saturated rings. The molecule has 1 aromatic heterocycles. The Morgan fingerprint density at radius 3 is 2.31 bits per heavy atom. The van der Waals surface area contributed by atoms with Crippen LogP contribution in [-0.2, 0) is 20.8 Å². The zero-order valence-corrected chi connectivity index (χ0v) is 21.5. The summed E-state index contributed by atoms with van der Waals surface area (Å²) in [7, 11) is 1.72. The van der Waals surface area contributed by atoms with Gasteiger partial charge in [-0.25, -0.2) is 11.3 Å². The first-order valence-electron chi connectivity index (χ1n) is 12.7. The molecule has 0 saturated carbocycles. The number of hydrogen-bond acceptors (Lipinski definition) is 9. The third kappa shape index (κ3) is 8.71. The molecule has 0 bridgehead atoms. The van der Waals surface area contributed by atoms with E-state index in [0.29, 0.717) is 52.7 Å². The van der Waals surface area contributed by atoms with Gasteiger partial charge >= 0.3 is 0 Å². The van der Waals surface area contributed by atoms with Crippen molar-refractivity contribution >= 4 is 5.69 Å². The lowest BCUT2D eigenvalue weighted by molar-refractivity contribution is 0.0136. The zero-order chi connectivity index (χ0) is 25.4.